The second kappa shape index (κ2) is 9.30. The van der Waals surface area contributed by atoms with Crippen LogP contribution < -0.4 is 5.06 Å². The highest BCUT2D eigenvalue weighted by Gasteiger charge is 2.32. The standard InChI is InChI=1S/C21H23N3O4S2/c1-28-24(21-23-18-7-4-12-22-19(18)29-21)20(25)17(13-14-5-2-3-6-14)15-8-10-16(11-9-15)30(26)27/h4,7-12,14,17H,2-3,5-6,13H2,1H3,(H,26,27). The predicted octanol–water partition coefficient (Wildman–Crippen LogP) is 4.53. The number of carbonyl (C=O) groups is 1. The Morgan fingerprint density at radius 1 is 1.30 bits per heavy atom. The van der Waals surface area contributed by atoms with Gasteiger partial charge in [0.15, 0.2) is 11.1 Å². The van der Waals surface area contributed by atoms with Gasteiger partial charge in [-0.3, -0.25) is 9.63 Å². The van der Waals surface area contributed by atoms with Crippen molar-refractivity contribution in [2.24, 2.45) is 5.92 Å². The average Bonchev–Trinajstić information content (AvgIpc) is 3.42. The minimum absolute atomic E-state index is 0.193. The van der Waals surface area contributed by atoms with Crippen LogP contribution in [-0.4, -0.2) is 31.7 Å². The second-order valence-corrected chi connectivity index (χ2v) is 9.32. The summed E-state index contributed by atoms with van der Waals surface area (Å²) in [6.45, 7) is 0. The Morgan fingerprint density at radius 2 is 2.03 bits per heavy atom. The molecule has 1 fully saturated rings. The topological polar surface area (TPSA) is 92.6 Å². The van der Waals surface area contributed by atoms with Crippen molar-refractivity contribution in [2.45, 2.75) is 42.9 Å². The Bertz CT molecular complexity index is 1010. The zero-order chi connectivity index (χ0) is 21.1. The lowest BCUT2D eigenvalue weighted by Crippen LogP contribution is -2.35. The van der Waals surface area contributed by atoms with E-state index >= 15 is 0 Å². The van der Waals surface area contributed by atoms with E-state index in [0.29, 0.717) is 22.4 Å². The van der Waals surface area contributed by atoms with Gasteiger partial charge in [-0.25, -0.2) is 14.2 Å². The molecule has 1 N–H and O–H groups in total. The first-order chi connectivity index (χ1) is 14.6. The maximum absolute atomic E-state index is 13.6. The smallest absolute Gasteiger partial charge is 0.260 e. The molecule has 1 aromatic carbocycles. The summed E-state index contributed by atoms with van der Waals surface area (Å²) in [5.74, 6) is -0.142. The molecular formula is C21H23N3O4S2. The van der Waals surface area contributed by atoms with E-state index in [1.54, 1.807) is 36.5 Å². The summed E-state index contributed by atoms with van der Waals surface area (Å²) < 4.78 is 20.6. The van der Waals surface area contributed by atoms with Crippen LogP contribution >= 0.6 is 11.3 Å². The van der Waals surface area contributed by atoms with Crippen LogP contribution in [0.5, 0.6) is 0 Å². The highest BCUT2D eigenvalue weighted by atomic mass is 32.2. The summed E-state index contributed by atoms with van der Waals surface area (Å²) in [7, 11) is 1.46. The number of hydrogen-bond acceptors (Lipinski definition) is 6. The van der Waals surface area contributed by atoms with Crippen molar-refractivity contribution in [1.29, 1.82) is 0 Å². The van der Waals surface area contributed by atoms with E-state index in [9.17, 15) is 13.6 Å². The van der Waals surface area contributed by atoms with Gasteiger partial charge in [-0.05, 0) is 42.2 Å². The van der Waals surface area contributed by atoms with Crippen molar-refractivity contribution in [3.05, 3.63) is 48.2 Å². The molecule has 2 aromatic heterocycles. The zero-order valence-corrected chi connectivity index (χ0v) is 18.2. The van der Waals surface area contributed by atoms with E-state index in [2.05, 4.69) is 9.97 Å². The Kier molecular flexibility index (Phi) is 6.52. The fourth-order valence-electron chi connectivity index (χ4n) is 4.02. The maximum Gasteiger partial charge on any atom is 0.260 e. The molecule has 158 valence electrons. The number of pyridine rings is 1. The molecule has 2 atom stereocenters. The molecule has 1 aliphatic carbocycles. The van der Waals surface area contributed by atoms with Crippen molar-refractivity contribution in [1.82, 2.24) is 9.97 Å². The SMILES string of the molecule is CON(C(=O)C(CC1CCCC1)c1ccc(S(=O)O)cc1)c1nc2cccnc2s1. The fraction of sp³-hybridized carbons (Fsp3) is 0.381. The van der Waals surface area contributed by atoms with Gasteiger partial charge in [-0.2, -0.15) is 5.06 Å². The number of nitrogens with zero attached hydrogens (tertiary/aromatic N) is 3. The number of rotatable bonds is 7. The summed E-state index contributed by atoms with van der Waals surface area (Å²) in [4.78, 5) is 28.9. The number of benzene rings is 1. The first kappa shape index (κ1) is 21.0. The van der Waals surface area contributed by atoms with Crippen molar-refractivity contribution < 1.29 is 18.4 Å². The van der Waals surface area contributed by atoms with Crippen molar-refractivity contribution in [3.63, 3.8) is 0 Å². The van der Waals surface area contributed by atoms with Crippen LogP contribution in [0, 0.1) is 5.92 Å². The molecule has 0 spiro atoms. The lowest BCUT2D eigenvalue weighted by molar-refractivity contribution is -0.126. The first-order valence-corrected chi connectivity index (χ1v) is 11.8. The van der Waals surface area contributed by atoms with Crippen molar-refractivity contribution in [2.75, 3.05) is 12.2 Å². The third-order valence-corrected chi connectivity index (χ3v) is 7.16. The third-order valence-electron chi connectivity index (χ3n) is 5.54. The highest BCUT2D eigenvalue weighted by Crippen LogP contribution is 2.37. The second-order valence-electron chi connectivity index (χ2n) is 7.40. The summed E-state index contributed by atoms with van der Waals surface area (Å²) in [5, 5.41) is 1.70. The summed E-state index contributed by atoms with van der Waals surface area (Å²) in [6, 6.07) is 10.4. The number of thiazole rings is 1. The van der Waals surface area contributed by atoms with E-state index in [1.165, 1.54) is 36.4 Å². The minimum atomic E-state index is -2.05. The molecule has 0 saturated heterocycles. The third kappa shape index (κ3) is 4.44. The highest BCUT2D eigenvalue weighted by molar-refractivity contribution is 7.79. The van der Waals surface area contributed by atoms with E-state index < -0.39 is 17.0 Å². The first-order valence-electron chi connectivity index (χ1n) is 9.87. The van der Waals surface area contributed by atoms with E-state index in [-0.39, 0.29) is 5.91 Å². The minimum Gasteiger partial charge on any atom is -0.302 e. The molecule has 1 aliphatic rings. The van der Waals surface area contributed by atoms with E-state index in [4.69, 9.17) is 4.84 Å². The van der Waals surface area contributed by atoms with Gasteiger partial charge in [0.25, 0.3) is 5.91 Å². The predicted molar refractivity (Wildman–Crippen MR) is 117 cm³/mol. The fourth-order valence-corrected chi connectivity index (χ4v) is 5.29. The molecule has 2 unspecified atom stereocenters. The van der Waals surface area contributed by atoms with Gasteiger partial charge in [0, 0.05) is 6.20 Å². The molecule has 2 heterocycles. The van der Waals surface area contributed by atoms with E-state index in [0.717, 1.165) is 28.8 Å². The monoisotopic (exact) mass is 445 g/mol. The van der Waals surface area contributed by atoms with Crippen LogP contribution in [0.1, 0.15) is 43.6 Å². The Morgan fingerprint density at radius 3 is 2.67 bits per heavy atom. The molecular weight excluding hydrogens is 422 g/mol. The molecule has 4 rings (SSSR count). The Labute approximate surface area is 181 Å². The zero-order valence-electron chi connectivity index (χ0n) is 16.6. The van der Waals surface area contributed by atoms with Gasteiger partial charge in [0.05, 0.1) is 17.9 Å². The quantitative estimate of drug-likeness (QED) is 0.424. The van der Waals surface area contributed by atoms with Crippen molar-refractivity contribution >= 4 is 43.8 Å². The number of fused-ring (bicyclic) bond motifs is 1. The largest absolute Gasteiger partial charge is 0.302 e. The van der Waals surface area contributed by atoms with Crippen LogP contribution in [0.15, 0.2) is 47.5 Å². The van der Waals surface area contributed by atoms with Crippen LogP contribution in [-0.2, 0) is 20.7 Å². The van der Waals surface area contributed by atoms with Crippen LogP contribution in [0.4, 0.5) is 5.13 Å². The van der Waals surface area contributed by atoms with Crippen LogP contribution in [0.2, 0.25) is 0 Å². The molecule has 1 saturated carbocycles. The summed E-state index contributed by atoms with van der Waals surface area (Å²) in [5.41, 5.74) is 1.52. The molecule has 30 heavy (non-hydrogen) atoms. The Hall–Kier alpha value is -2.20. The van der Waals surface area contributed by atoms with Gasteiger partial charge in [-0.15, -0.1) is 0 Å². The molecule has 0 aliphatic heterocycles. The van der Waals surface area contributed by atoms with Gasteiger partial charge in [0.1, 0.15) is 10.3 Å². The average molecular weight is 446 g/mol. The summed E-state index contributed by atoms with van der Waals surface area (Å²) in [6.07, 6.45) is 7.00. The molecule has 7 nitrogen and oxygen atoms in total. The van der Waals surface area contributed by atoms with Crippen LogP contribution in [0.3, 0.4) is 0 Å². The normalized spacial score (nSPS) is 16.6. The van der Waals surface area contributed by atoms with Crippen molar-refractivity contribution in [3.8, 4) is 0 Å². The summed E-state index contributed by atoms with van der Waals surface area (Å²) >= 11 is -0.745. The van der Waals surface area contributed by atoms with Crippen LogP contribution in [0.25, 0.3) is 10.3 Å². The molecule has 3 aromatic rings. The van der Waals surface area contributed by atoms with Gasteiger partial charge >= 0.3 is 0 Å². The van der Waals surface area contributed by atoms with Gasteiger partial charge in [-0.1, -0.05) is 49.2 Å². The lowest BCUT2D eigenvalue weighted by Gasteiger charge is -2.25. The van der Waals surface area contributed by atoms with Gasteiger partial charge in [0.2, 0.25) is 5.13 Å². The van der Waals surface area contributed by atoms with E-state index in [1.807, 2.05) is 6.07 Å². The number of carbonyl (C=O) groups excluding carboxylic acids is 1. The number of hydrogen-bond donors (Lipinski definition) is 1. The number of hydroxylamine groups is 1. The molecule has 0 bridgehead atoms. The number of amides is 1. The maximum atomic E-state index is 13.6. The van der Waals surface area contributed by atoms with Gasteiger partial charge < -0.3 is 4.55 Å². The Balaban J connectivity index is 1.66. The number of aromatic nitrogens is 2. The molecule has 1 amide bonds. The lowest BCUT2D eigenvalue weighted by atomic mass is 9.87. The molecule has 0 radical (unpaired) electrons. The number of anilines is 1. The molecule has 9 heteroatoms.